The van der Waals surface area contributed by atoms with Crippen molar-refractivity contribution in [3.05, 3.63) is 29.3 Å². The number of hydrogen-bond donors (Lipinski definition) is 0. The second-order valence-corrected chi connectivity index (χ2v) is 6.32. The van der Waals surface area contributed by atoms with Crippen LogP contribution in [-0.4, -0.2) is 43.1 Å². The molecule has 1 saturated heterocycles. The highest BCUT2D eigenvalue weighted by Crippen LogP contribution is 2.33. The SMILES string of the molecule is COc1ccc(-c2nc(C(=O)N3CCCCC3)cs2)cc1OC. The molecular weight excluding hydrogens is 312 g/mol. The molecule has 1 aromatic heterocycles. The largest absolute Gasteiger partial charge is 0.493 e. The third-order valence-corrected chi connectivity index (χ3v) is 4.89. The van der Waals surface area contributed by atoms with Crippen LogP contribution in [0, 0.1) is 0 Å². The smallest absolute Gasteiger partial charge is 0.273 e. The van der Waals surface area contributed by atoms with E-state index in [0.717, 1.165) is 36.5 Å². The number of ether oxygens (including phenoxy) is 2. The number of benzene rings is 1. The number of hydrogen-bond acceptors (Lipinski definition) is 5. The third-order valence-electron chi connectivity index (χ3n) is 4.00. The van der Waals surface area contributed by atoms with Crippen LogP contribution in [0.4, 0.5) is 0 Å². The monoisotopic (exact) mass is 332 g/mol. The highest BCUT2D eigenvalue weighted by molar-refractivity contribution is 7.13. The second-order valence-electron chi connectivity index (χ2n) is 5.46. The first kappa shape index (κ1) is 15.8. The minimum atomic E-state index is 0.0349. The summed E-state index contributed by atoms with van der Waals surface area (Å²) in [5.74, 6) is 1.37. The van der Waals surface area contributed by atoms with Crippen LogP contribution >= 0.6 is 11.3 Å². The van der Waals surface area contributed by atoms with Crippen molar-refractivity contribution in [1.29, 1.82) is 0 Å². The summed E-state index contributed by atoms with van der Waals surface area (Å²) in [6.07, 6.45) is 3.37. The average Bonchev–Trinajstić information content (AvgIpc) is 3.11. The molecule has 3 rings (SSSR count). The lowest BCUT2D eigenvalue weighted by Crippen LogP contribution is -2.35. The van der Waals surface area contributed by atoms with Gasteiger partial charge in [0.15, 0.2) is 11.5 Å². The fraction of sp³-hybridized carbons (Fsp3) is 0.412. The first-order valence-corrected chi connectivity index (χ1v) is 8.58. The number of nitrogens with zero attached hydrogens (tertiary/aromatic N) is 2. The van der Waals surface area contributed by atoms with E-state index in [1.54, 1.807) is 14.2 Å². The van der Waals surface area contributed by atoms with Crippen LogP contribution < -0.4 is 9.47 Å². The average molecular weight is 332 g/mol. The zero-order chi connectivity index (χ0) is 16.2. The van der Waals surface area contributed by atoms with Gasteiger partial charge in [0.05, 0.1) is 14.2 Å². The van der Waals surface area contributed by atoms with Gasteiger partial charge in [-0.2, -0.15) is 0 Å². The van der Waals surface area contributed by atoms with Crippen molar-refractivity contribution in [2.75, 3.05) is 27.3 Å². The van der Waals surface area contributed by atoms with Crippen LogP contribution in [0.3, 0.4) is 0 Å². The van der Waals surface area contributed by atoms with Gasteiger partial charge >= 0.3 is 0 Å². The zero-order valence-electron chi connectivity index (χ0n) is 13.4. The molecule has 2 heterocycles. The molecule has 0 unspecified atom stereocenters. The van der Waals surface area contributed by atoms with Gasteiger partial charge in [-0.05, 0) is 37.5 Å². The van der Waals surface area contributed by atoms with Gasteiger partial charge in [-0.1, -0.05) is 0 Å². The minimum Gasteiger partial charge on any atom is -0.493 e. The van der Waals surface area contributed by atoms with Crippen LogP contribution in [-0.2, 0) is 0 Å². The highest BCUT2D eigenvalue weighted by Gasteiger charge is 2.21. The van der Waals surface area contributed by atoms with Gasteiger partial charge in [-0.25, -0.2) is 4.98 Å². The maximum atomic E-state index is 12.5. The number of rotatable bonds is 4. The molecular formula is C17H20N2O3S. The fourth-order valence-corrected chi connectivity index (χ4v) is 3.52. The minimum absolute atomic E-state index is 0.0349. The lowest BCUT2D eigenvalue weighted by atomic mass is 10.1. The zero-order valence-corrected chi connectivity index (χ0v) is 14.2. The molecule has 0 aliphatic carbocycles. The summed E-state index contributed by atoms with van der Waals surface area (Å²) >= 11 is 1.47. The lowest BCUT2D eigenvalue weighted by molar-refractivity contribution is 0.0719. The Balaban J connectivity index is 1.82. The Bertz CT molecular complexity index is 693. The van der Waals surface area contributed by atoms with Crippen LogP contribution in [0.1, 0.15) is 29.8 Å². The van der Waals surface area contributed by atoms with Crippen molar-refractivity contribution in [2.45, 2.75) is 19.3 Å². The summed E-state index contributed by atoms with van der Waals surface area (Å²) in [6, 6.07) is 5.66. The van der Waals surface area contributed by atoms with E-state index < -0.39 is 0 Å². The maximum Gasteiger partial charge on any atom is 0.273 e. The quantitative estimate of drug-likeness (QED) is 0.860. The van der Waals surface area contributed by atoms with E-state index >= 15 is 0 Å². The third kappa shape index (κ3) is 3.32. The van der Waals surface area contributed by atoms with Gasteiger partial charge in [0.25, 0.3) is 5.91 Å². The number of methoxy groups -OCH3 is 2. The van der Waals surface area contributed by atoms with Gasteiger partial charge in [0.1, 0.15) is 10.7 Å². The van der Waals surface area contributed by atoms with Crippen LogP contribution in [0.25, 0.3) is 10.6 Å². The van der Waals surface area contributed by atoms with Crippen molar-refractivity contribution in [3.63, 3.8) is 0 Å². The molecule has 5 nitrogen and oxygen atoms in total. The Hall–Kier alpha value is -2.08. The van der Waals surface area contributed by atoms with Crippen molar-refractivity contribution in [1.82, 2.24) is 9.88 Å². The van der Waals surface area contributed by atoms with Crippen LogP contribution in [0.15, 0.2) is 23.6 Å². The summed E-state index contributed by atoms with van der Waals surface area (Å²) in [7, 11) is 3.21. The second kappa shape index (κ2) is 7.00. The standard InChI is InChI=1S/C17H20N2O3S/c1-21-14-7-6-12(10-15(14)22-2)16-18-13(11-23-16)17(20)19-8-4-3-5-9-19/h6-7,10-11H,3-5,8-9H2,1-2H3. The van der Waals surface area contributed by atoms with E-state index in [-0.39, 0.29) is 5.91 Å². The lowest BCUT2D eigenvalue weighted by Gasteiger charge is -2.25. The number of aromatic nitrogens is 1. The Morgan fingerprint density at radius 1 is 1.13 bits per heavy atom. The molecule has 122 valence electrons. The first-order valence-electron chi connectivity index (χ1n) is 7.70. The van der Waals surface area contributed by atoms with Crippen molar-refractivity contribution in [3.8, 4) is 22.1 Å². The van der Waals surface area contributed by atoms with Gasteiger partial charge < -0.3 is 14.4 Å². The molecule has 0 radical (unpaired) electrons. The molecule has 0 bridgehead atoms. The molecule has 0 atom stereocenters. The van der Waals surface area contributed by atoms with Crippen molar-refractivity contribution >= 4 is 17.2 Å². The molecule has 2 aromatic rings. The van der Waals surface area contributed by atoms with E-state index in [0.29, 0.717) is 17.2 Å². The highest BCUT2D eigenvalue weighted by atomic mass is 32.1. The number of carbonyl (C=O) groups is 1. The molecule has 0 saturated carbocycles. The Morgan fingerprint density at radius 3 is 2.57 bits per heavy atom. The van der Waals surface area contributed by atoms with E-state index in [2.05, 4.69) is 4.98 Å². The molecule has 1 fully saturated rings. The number of likely N-dealkylation sites (tertiary alicyclic amines) is 1. The molecule has 23 heavy (non-hydrogen) atoms. The topological polar surface area (TPSA) is 51.7 Å². The molecule has 1 aliphatic rings. The molecule has 0 N–H and O–H groups in total. The van der Waals surface area contributed by atoms with E-state index in [9.17, 15) is 4.79 Å². The molecule has 0 spiro atoms. The molecule has 1 aliphatic heterocycles. The van der Waals surface area contributed by atoms with E-state index in [1.807, 2.05) is 28.5 Å². The molecule has 1 amide bonds. The Labute approximate surface area is 139 Å². The van der Waals surface area contributed by atoms with E-state index in [4.69, 9.17) is 9.47 Å². The summed E-state index contributed by atoms with van der Waals surface area (Å²) < 4.78 is 10.6. The van der Waals surface area contributed by atoms with E-state index in [1.165, 1.54) is 17.8 Å². The summed E-state index contributed by atoms with van der Waals surface area (Å²) in [4.78, 5) is 18.9. The maximum absolute atomic E-state index is 12.5. The van der Waals surface area contributed by atoms with Crippen molar-refractivity contribution in [2.24, 2.45) is 0 Å². The van der Waals surface area contributed by atoms with Gasteiger partial charge in [0, 0.05) is 24.0 Å². The van der Waals surface area contributed by atoms with Crippen LogP contribution in [0.5, 0.6) is 11.5 Å². The molecule has 6 heteroatoms. The predicted octanol–water partition coefficient (Wildman–Crippen LogP) is 3.45. The Kier molecular flexibility index (Phi) is 4.81. The number of piperidine rings is 1. The van der Waals surface area contributed by atoms with Gasteiger partial charge in [-0.15, -0.1) is 11.3 Å². The number of carbonyl (C=O) groups excluding carboxylic acids is 1. The Morgan fingerprint density at radius 2 is 1.87 bits per heavy atom. The first-order chi connectivity index (χ1) is 11.2. The van der Waals surface area contributed by atoms with Gasteiger partial charge in [0.2, 0.25) is 0 Å². The summed E-state index contributed by atoms with van der Waals surface area (Å²) in [5, 5.41) is 2.65. The van der Waals surface area contributed by atoms with Crippen LogP contribution in [0.2, 0.25) is 0 Å². The molecule has 1 aromatic carbocycles. The van der Waals surface area contributed by atoms with Gasteiger partial charge in [-0.3, -0.25) is 4.79 Å². The normalized spacial score (nSPS) is 14.6. The number of amides is 1. The summed E-state index contributed by atoms with van der Waals surface area (Å²) in [5.41, 5.74) is 1.45. The fourth-order valence-electron chi connectivity index (χ4n) is 2.73. The summed E-state index contributed by atoms with van der Waals surface area (Å²) in [6.45, 7) is 1.67. The predicted molar refractivity (Wildman–Crippen MR) is 90.4 cm³/mol. The van der Waals surface area contributed by atoms with Crippen molar-refractivity contribution < 1.29 is 14.3 Å². The number of thiazole rings is 1.